The fourth-order valence-corrected chi connectivity index (χ4v) is 2.51. The Hall–Kier alpha value is -0.900. The number of hydrogen-bond donors (Lipinski definition) is 2. The van der Waals surface area contributed by atoms with Crippen LogP contribution >= 0.6 is 0 Å². The van der Waals surface area contributed by atoms with Gasteiger partial charge in [-0.1, -0.05) is 54.9 Å². The highest BCUT2D eigenvalue weighted by molar-refractivity contribution is 5.89. The first kappa shape index (κ1) is 21.1. The highest BCUT2D eigenvalue weighted by atomic mass is 16.4. The fourth-order valence-electron chi connectivity index (χ4n) is 2.51. The minimum absolute atomic E-state index is 0.0176. The third-order valence-corrected chi connectivity index (χ3v) is 5.76. The van der Waals surface area contributed by atoms with Crippen molar-refractivity contribution in [2.45, 2.75) is 86.2 Å². The Kier molecular flexibility index (Phi) is 7.76. The molecule has 2 N–H and O–H groups in total. The zero-order valence-corrected chi connectivity index (χ0v) is 15.6. The number of carboxylic acid groups (broad SMARTS) is 1. The van der Waals surface area contributed by atoms with E-state index in [0.717, 1.165) is 12.8 Å². The maximum absolute atomic E-state index is 12.6. The van der Waals surface area contributed by atoms with E-state index in [4.69, 9.17) is 0 Å². The molecule has 0 radical (unpaired) electrons. The van der Waals surface area contributed by atoms with Crippen molar-refractivity contribution in [3.05, 3.63) is 0 Å². The van der Waals surface area contributed by atoms with Crippen molar-refractivity contribution in [3.63, 3.8) is 0 Å². The molecule has 0 saturated carbocycles. The summed E-state index contributed by atoms with van der Waals surface area (Å²) >= 11 is 0. The van der Waals surface area contributed by atoms with E-state index in [1.165, 1.54) is 0 Å². The van der Waals surface area contributed by atoms with Crippen molar-refractivity contribution in [1.29, 1.82) is 0 Å². The van der Waals surface area contributed by atoms with Gasteiger partial charge in [-0.2, -0.15) is 0 Å². The van der Waals surface area contributed by atoms with Crippen LogP contribution in [-0.2, 0) is 9.59 Å². The highest BCUT2D eigenvalue weighted by Crippen LogP contribution is 2.32. The Balaban J connectivity index is 5.16. The summed E-state index contributed by atoms with van der Waals surface area (Å²) in [5.74, 6) is -0.410. The van der Waals surface area contributed by atoms with Crippen LogP contribution < -0.4 is 5.32 Å². The summed E-state index contributed by atoms with van der Waals surface area (Å²) in [6.07, 6.45) is 1.76. The molecule has 22 heavy (non-hydrogen) atoms. The summed E-state index contributed by atoms with van der Waals surface area (Å²) in [6.45, 7) is 16.1. The van der Waals surface area contributed by atoms with Gasteiger partial charge in [0.25, 0.3) is 0 Å². The molecule has 0 aliphatic heterocycles. The topological polar surface area (TPSA) is 66.4 Å². The van der Waals surface area contributed by atoms with E-state index in [2.05, 4.69) is 26.1 Å². The zero-order valence-electron chi connectivity index (χ0n) is 15.6. The minimum atomic E-state index is -0.950. The molecule has 3 atom stereocenters. The molecule has 0 bridgehead atoms. The summed E-state index contributed by atoms with van der Waals surface area (Å²) in [7, 11) is 0. The van der Waals surface area contributed by atoms with Gasteiger partial charge in [0, 0.05) is 17.4 Å². The van der Waals surface area contributed by atoms with E-state index >= 15 is 0 Å². The monoisotopic (exact) mass is 313 g/mol. The Morgan fingerprint density at radius 3 is 1.91 bits per heavy atom. The SMILES string of the molecule is CCC(C)C(C)(C)C(=O)CC(NC(C)(CC)C(C)C)C(=O)O. The summed E-state index contributed by atoms with van der Waals surface area (Å²) in [4.78, 5) is 24.2. The van der Waals surface area contributed by atoms with Gasteiger partial charge in [-0.05, 0) is 25.2 Å². The second kappa shape index (κ2) is 8.09. The largest absolute Gasteiger partial charge is 0.480 e. The zero-order chi connectivity index (χ0) is 17.7. The molecular weight excluding hydrogens is 278 g/mol. The van der Waals surface area contributed by atoms with Crippen LogP contribution in [0.15, 0.2) is 0 Å². The number of Topliss-reactive ketones (excluding diaryl/α,β-unsaturated/α-hetero) is 1. The lowest BCUT2D eigenvalue weighted by Gasteiger charge is -2.38. The minimum Gasteiger partial charge on any atom is -0.480 e. The molecule has 0 aliphatic rings. The van der Waals surface area contributed by atoms with Crippen LogP contribution in [0.2, 0.25) is 0 Å². The summed E-state index contributed by atoms with van der Waals surface area (Å²) < 4.78 is 0. The molecule has 0 saturated heterocycles. The van der Waals surface area contributed by atoms with Gasteiger partial charge < -0.3 is 5.11 Å². The molecule has 0 aliphatic carbocycles. The molecule has 130 valence electrons. The molecule has 0 spiro atoms. The lowest BCUT2D eigenvalue weighted by Crippen LogP contribution is -2.55. The quantitative estimate of drug-likeness (QED) is 0.642. The van der Waals surface area contributed by atoms with Crippen LogP contribution in [-0.4, -0.2) is 28.4 Å². The Bertz CT molecular complexity index is 390. The highest BCUT2D eigenvalue weighted by Gasteiger charge is 2.38. The third-order valence-electron chi connectivity index (χ3n) is 5.76. The van der Waals surface area contributed by atoms with Crippen molar-refractivity contribution in [1.82, 2.24) is 5.32 Å². The predicted octanol–water partition coefficient (Wildman–Crippen LogP) is 3.89. The van der Waals surface area contributed by atoms with Gasteiger partial charge in [0.15, 0.2) is 0 Å². The van der Waals surface area contributed by atoms with Crippen molar-refractivity contribution in [3.8, 4) is 0 Å². The van der Waals surface area contributed by atoms with Crippen LogP contribution in [0.25, 0.3) is 0 Å². The third kappa shape index (κ3) is 5.08. The second-order valence-corrected chi connectivity index (χ2v) is 7.62. The van der Waals surface area contributed by atoms with Gasteiger partial charge in [0.1, 0.15) is 11.8 Å². The number of carbonyl (C=O) groups excluding carboxylic acids is 1. The molecule has 0 aromatic rings. The summed E-state index contributed by atoms with van der Waals surface area (Å²) in [6, 6.07) is -0.830. The molecule has 4 nitrogen and oxygen atoms in total. The second-order valence-electron chi connectivity index (χ2n) is 7.62. The van der Waals surface area contributed by atoms with Gasteiger partial charge in [-0.25, -0.2) is 0 Å². The Morgan fingerprint density at radius 2 is 1.59 bits per heavy atom. The van der Waals surface area contributed by atoms with Gasteiger partial charge >= 0.3 is 5.97 Å². The fraction of sp³-hybridized carbons (Fsp3) is 0.889. The van der Waals surface area contributed by atoms with Gasteiger partial charge in [0.2, 0.25) is 0 Å². The van der Waals surface area contributed by atoms with Crippen LogP contribution in [0.4, 0.5) is 0 Å². The standard InChI is InChI=1S/C18H35NO3/c1-9-13(5)17(6,7)15(20)11-14(16(21)22)19-18(8,10-2)12(3)4/h12-14,19H,9-11H2,1-8H3,(H,21,22). The van der Waals surface area contributed by atoms with Gasteiger partial charge in [-0.3, -0.25) is 14.9 Å². The van der Waals surface area contributed by atoms with Gasteiger partial charge in [-0.15, -0.1) is 0 Å². The van der Waals surface area contributed by atoms with E-state index in [1.807, 2.05) is 34.6 Å². The van der Waals surface area contributed by atoms with Crippen molar-refractivity contribution in [2.24, 2.45) is 17.3 Å². The number of aliphatic carboxylic acids is 1. The number of carbonyl (C=O) groups is 2. The van der Waals surface area contributed by atoms with Crippen molar-refractivity contribution in [2.75, 3.05) is 0 Å². The first-order chi connectivity index (χ1) is 9.92. The van der Waals surface area contributed by atoms with Gasteiger partial charge in [0.05, 0.1) is 0 Å². The molecule has 3 unspecified atom stereocenters. The van der Waals surface area contributed by atoms with Crippen LogP contribution in [0.3, 0.4) is 0 Å². The smallest absolute Gasteiger partial charge is 0.321 e. The Morgan fingerprint density at radius 1 is 1.09 bits per heavy atom. The maximum atomic E-state index is 12.6. The van der Waals surface area contributed by atoms with E-state index in [-0.39, 0.29) is 29.6 Å². The van der Waals surface area contributed by atoms with Crippen LogP contribution in [0.5, 0.6) is 0 Å². The number of nitrogens with one attached hydrogen (secondary N) is 1. The summed E-state index contributed by atoms with van der Waals surface area (Å²) in [5.41, 5.74) is -0.783. The normalized spacial score (nSPS) is 17.9. The van der Waals surface area contributed by atoms with E-state index < -0.39 is 17.4 Å². The first-order valence-electron chi connectivity index (χ1n) is 8.46. The Labute approximate surface area is 136 Å². The van der Waals surface area contributed by atoms with E-state index in [0.29, 0.717) is 0 Å². The predicted molar refractivity (Wildman–Crippen MR) is 91.0 cm³/mol. The lowest BCUT2D eigenvalue weighted by molar-refractivity contribution is -0.144. The van der Waals surface area contributed by atoms with Crippen LogP contribution in [0.1, 0.15) is 74.7 Å². The molecule has 0 amide bonds. The molecule has 0 rings (SSSR count). The van der Waals surface area contributed by atoms with Crippen molar-refractivity contribution < 1.29 is 14.7 Å². The van der Waals surface area contributed by atoms with E-state index in [1.54, 1.807) is 0 Å². The van der Waals surface area contributed by atoms with Crippen molar-refractivity contribution >= 4 is 11.8 Å². The summed E-state index contributed by atoms with van der Waals surface area (Å²) in [5, 5.41) is 12.7. The number of hydrogen-bond acceptors (Lipinski definition) is 3. The molecule has 0 heterocycles. The lowest BCUT2D eigenvalue weighted by atomic mass is 9.73. The van der Waals surface area contributed by atoms with E-state index in [9.17, 15) is 14.7 Å². The maximum Gasteiger partial charge on any atom is 0.321 e. The first-order valence-corrected chi connectivity index (χ1v) is 8.46. The molecule has 0 aromatic carbocycles. The number of rotatable bonds is 10. The molecular formula is C18H35NO3. The molecule has 0 aromatic heterocycles. The average molecular weight is 313 g/mol. The number of carboxylic acids is 1. The number of ketones is 1. The van der Waals surface area contributed by atoms with Crippen LogP contribution in [0, 0.1) is 17.3 Å². The molecule has 0 fully saturated rings. The molecule has 4 heteroatoms. The average Bonchev–Trinajstić information content (AvgIpc) is 2.44.